The standard InChI is InChI=1S/C10H11F2NO/c11-10(12)14-8-3-1-2-6-4-5-7(13)9(6)8/h1-3,7,10H,4-5,13H2/t7-/m0/s1. The fraction of sp³-hybridized carbons (Fsp3) is 0.400. The van der Waals surface area contributed by atoms with Gasteiger partial charge in [-0.1, -0.05) is 12.1 Å². The van der Waals surface area contributed by atoms with Gasteiger partial charge in [-0.3, -0.25) is 0 Å². The molecule has 0 saturated carbocycles. The lowest BCUT2D eigenvalue weighted by molar-refractivity contribution is -0.0505. The van der Waals surface area contributed by atoms with Crippen molar-refractivity contribution in [1.29, 1.82) is 0 Å². The highest BCUT2D eigenvalue weighted by atomic mass is 19.3. The van der Waals surface area contributed by atoms with E-state index < -0.39 is 6.61 Å². The molecule has 76 valence electrons. The SMILES string of the molecule is N[C@H]1CCc2cccc(OC(F)F)c21. The third-order valence-electron chi connectivity index (χ3n) is 2.47. The van der Waals surface area contributed by atoms with Gasteiger partial charge in [-0.25, -0.2) is 0 Å². The van der Waals surface area contributed by atoms with Gasteiger partial charge in [-0.15, -0.1) is 0 Å². The smallest absolute Gasteiger partial charge is 0.387 e. The maximum atomic E-state index is 12.1. The minimum atomic E-state index is -2.78. The van der Waals surface area contributed by atoms with Crippen molar-refractivity contribution in [2.45, 2.75) is 25.5 Å². The topological polar surface area (TPSA) is 35.2 Å². The molecule has 0 bridgehead atoms. The molecule has 2 N–H and O–H groups in total. The quantitative estimate of drug-likeness (QED) is 0.792. The van der Waals surface area contributed by atoms with E-state index in [2.05, 4.69) is 4.74 Å². The highest BCUT2D eigenvalue weighted by Crippen LogP contribution is 2.36. The van der Waals surface area contributed by atoms with Crippen molar-refractivity contribution in [3.05, 3.63) is 29.3 Å². The van der Waals surface area contributed by atoms with Crippen LogP contribution in [0.4, 0.5) is 8.78 Å². The van der Waals surface area contributed by atoms with Crippen LogP contribution in [0.25, 0.3) is 0 Å². The van der Waals surface area contributed by atoms with Gasteiger partial charge >= 0.3 is 6.61 Å². The molecule has 2 nitrogen and oxygen atoms in total. The van der Waals surface area contributed by atoms with E-state index in [1.807, 2.05) is 6.07 Å². The molecule has 1 atom stereocenters. The molecule has 0 amide bonds. The molecule has 0 spiro atoms. The van der Waals surface area contributed by atoms with Crippen molar-refractivity contribution in [3.8, 4) is 5.75 Å². The van der Waals surface area contributed by atoms with Gasteiger partial charge in [-0.05, 0) is 24.5 Å². The summed E-state index contributed by atoms with van der Waals surface area (Å²) in [7, 11) is 0. The van der Waals surface area contributed by atoms with Gasteiger partial charge < -0.3 is 10.5 Å². The first-order chi connectivity index (χ1) is 6.68. The maximum absolute atomic E-state index is 12.1. The van der Waals surface area contributed by atoms with E-state index in [0.717, 1.165) is 24.0 Å². The highest BCUT2D eigenvalue weighted by molar-refractivity contribution is 5.45. The summed E-state index contributed by atoms with van der Waals surface area (Å²) >= 11 is 0. The molecule has 1 aliphatic carbocycles. The molecule has 0 aromatic heterocycles. The molecular weight excluding hydrogens is 188 g/mol. The van der Waals surface area contributed by atoms with Gasteiger partial charge in [0.15, 0.2) is 0 Å². The number of ether oxygens (including phenoxy) is 1. The summed E-state index contributed by atoms with van der Waals surface area (Å²) in [6.45, 7) is -2.78. The number of fused-ring (bicyclic) bond motifs is 1. The number of halogens is 2. The molecule has 1 aliphatic rings. The largest absolute Gasteiger partial charge is 0.434 e. The molecular formula is C10H11F2NO. The summed E-state index contributed by atoms with van der Waals surface area (Å²) in [5.41, 5.74) is 7.57. The summed E-state index contributed by atoms with van der Waals surface area (Å²) in [5.74, 6) is 0.225. The number of aryl methyl sites for hydroxylation is 1. The number of nitrogens with two attached hydrogens (primary N) is 1. The zero-order valence-electron chi connectivity index (χ0n) is 7.54. The predicted molar refractivity (Wildman–Crippen MR) is 48.3 cm³/mol. The Morgan fingerprint density at radius 1 is 1.43 bits per heavy atom. The number of hydrogen-bond acceptors (Lipinski definition) is 2. The van der Waals surface area contributed by atoms with Gasteiger partial charge in [0.05, 0.1) is 0 Å². The fourth-order valence-corrected chi connectivity index (χ4v) is 1.88. The van der Waals surface area contributed by atoms with E-state index in [1.165, 1.54) is 6.07 Å². The average Bonchev–Trinajstić information content (AvgIpc) is 2.48. The first kappa shape index (κ1) is 9.40. The third kappa shape index (κ3) is 1.57. The molecule has 2 rings (SSSR count). The molecule has 0 radical (unpaired) electrons. The number of alkyl halides is 2. The molecule has 0 unspecified atom stereocenters. The van der Waals surface area contributed by atoms with Crippen molar-refractivity contribution >= 4 is 0 Å². The van der Waals surface area contributed by atoms with E-state index in [9.17, 15) is 8.78 Å². The first-order valence-electron chi connectivity index (χ1n) is 4.50. The number of rotatable bonds is 2. The summed E-state index contributed by atoms with van der Waals surface area (Å²) < 4.78 is 28.5. The Bertz CT molecular complexity index is 341. The van der Waals surface area contributed by atoms with Gasteiger partial charge in [0.1, 0.15) is 5.75 Å². The van der Waals surface area contributed by atoms with Crippen LogP contribution in [0.1, 0.15) is 23.6 Å². The third-order valence-corrected chi connectivity index (χ3v) is 2.47. The molecule has 4 heteroatoms. The number of benzene rings is 1. The lowest BCUT2D eigenvalue weighted by Gasteiger charge is -2.12. The monoisotopic (exact) mass is 199 g/mol. The van der Waals surface area contributed by atoms with Crippen LogP contribution in [-0.4, -0.2) is 6.61 Å². The Kier molecular flexibility index (Phi) is 2.37. The minimum Gasteiger partial charge on any atom is -0.434 e. The van der Waals surface area contributed by atoms with E-state index in [0.29, 0.717) is 0 Å². The molecule has 0 saturated heterocycles. The van der Waals surface area contributed by atoms with Crippen LogP contribution in [-0.2, 0) is 6.42 Å². The van der Waals surface area contributed by atoms with Crippen LogP contribution >= 0.6 is 0 Å². The average molecular weight is 199 g/mol. The van der Waals surface area contributed by atoms with Gasteiger partial charge in [0, 0.05) is 11.6 Å². The van der Waals surface area contributed by atoms with E-state index in [-0.39, 0.29) is 11.8 Å². The van der Waals surface area contributed by atoms with Crippen molar-refractivity contribution in [2.24, 2.45) is 5.73 Å². The molecule has 0 heterocycles. The second-order valence-electron chi connectivity index (χ2n) is 3.35. The summed E-state index contributed by atoms with van der Waals surface area (Å²) in [6, 6.07) is 4.99. The Labute approximate surface area is 80.7 Å². The first-order valence-corrected chi connectivity index (χ1v) is 4.50. The zero-order chi connectivity index (χ0) is 10.1. The van der Waals surface area contributed by atoms with Crippen LogP contribution in [0.5, 0.6) is 5.75 Å². The Morgan fingerprint density at radius 2 is 2.21 bits per heavy atom. The molecule has 1 aromatic rings. The van der Waals surface area contributed by atoms with Crippen LogP contribution in [0.3, 0.4) is 0 Å². The summed E-state index contributed by atoms with van der Waals surface area (Å²) in [6.07, 6.45) is 1.65. The van der Waals surface area contributed by atoms with E-state index in [4.69, 9.17) is 5.73 Å². The lowest BCUT2D eigenvalue weighted by Crippen LogP contribution is -2.10. The Balaban J connectivity index is 2.36. The fourth-order valence-electron chi connectivity index (χ4n) is 1.88. The highest BCUT2D eigenvalue weighted by Gasteiger charge is 2.24. The molecule has 14 heavy (non-hydrogen) atoms. The maximum Gasteiger partial charge on any atom is 0.387 e. The predicted octanol–water partition coefficient (Wildman–Crippen LogP) is 2.23. The minimum absolute atomic E-state index is 0.167. The summed E-state index contributed by atoms with van der Waals surface area (Å²) in [4.78, 5) is 0. The van der Waals surface area contributed by atoms with Gasteiger partial charge in [0.2, 0.25) is 0 Å². The normalized spacial score (nSPS) is 19.9. The molecule has 0 fully saturated rings. The van der Waals surface area contributed by atoms with Crippen LogP contribution in [0.15, 0.2) is 18.2 Å². The van der Waals surface area contributed by atoms with E-state index in [1.54, 1.807) is 6.07 Å². The molecule has 0 aliphatic heterocycles. The van der Waals surface area contributed by atoms with Crippen molar-refractivity contribution in [3.63, 3.8) is 0 Å². The van der Waals surface area contributed by atoms with Gasteiger partial charge in [-0.2, -0.15) is 8.78 Å². The second kappa shape index (κ2) is 3.53. The Hall–Kier alpha value is -1.16. The van der Waals surface area contributed by atoms with Crippen LogP contribution in [0.2, 0.25) is 0 Å². The number of hydrogen-bond donors (Lipinski definition) is 1. The van der Waals surface area contributed by atoms with Crippen molar-refractivity contribution < 1.29 is 13.5 Å². The van der Waals surface area contributed by atoms with Crippen LogP contribution in [0, 0.1) is 0 Å². The van der Waals surface area contributed by atoms with Crippen LogP contribution < -0.4 is 10.5 Å². The second-order valence-corrected chi connectivity index (χ2v) is 3.35. The van der Waals surface area contributed by atoms with Crippen molar-refractivity contribution in [1.82, 2.24) is 0 Å². The lowest BCUT2D eigenvalue weighted by atomic mass is 10.1. The Morgan fingerprint density at radius 3 is 2.93 bits per heavy atom. The summed E-state index contributed by atoms with van der Waals surface area (Å²) in [5, 5.41) is 0. The van der Waals surface area contributed by atoms with E-state index >= 15 is 0 Å². The van der Waals surface area contributed by atoms with Gasteiger partial charge in [0.25, 0.3) is 0 Å². The van der Waals surface area contributed by atoms with Crippen molar-refractivity contribution in [2.75, 3.05) is 0 Å². The zero-order valence-corrected chi connectivity index (χ0v) is 7.54. The molecule has 1 aromatic carbocycles.